The van der Waals surface area contributed by atoms with Crippen molar-refractivity contribution in [2.24, 2.45) is 5.92 Å². The molecule has 1 aliphatic carbocycles. The summed E-state index contributed by atoms with van der Waals surface area (Å²) in [5.41, 5.74) is 2.04. The molecule has 3 N–H and O–H groups in total. The zero-order valence-electron chi connectivity index (χ0n) is 19.4. The second kappa shape index (κ2) is 14.9. The molecule has 0 saturated heterocycles. The Morgan fingerprint density at radius 1 is 1.12 bits per heavy atom. The maximum atomic E-state index is 11.5. The lowest BCUT2D eigenvalue weighted by atomic mass is 9.83. The van der Waals surface area contributed by atoms with Crippen LogP contribution in [-0.4, -0.2) is 46.0 Å². The van der Waals surface area contributed by atoms with E-state index in [2.05, 4.69) is 6.92 Å². The number of benzene rings is 1. The summed E-state index contributed by atoms with van der Waals surface area (Å²) in [6.45, 7) is 2.09. The number of carbonyl (C=O) groups excluding carboxylic acids is 1. The summed E-state index contributed by atoms with van der Waals surface area (Å²) >= 11 is 6.62. The number of esters is 1. The first-order chi connectivity index (χ1) is 15.5. The fourth-order valence-corrected chi connectivity index (χ4v) is 5.29. The summed E-state index contributed by atoms with van der Waals surface area (Å²) in [5.74, 6) is -0.00321. The van der Waals surface area contributed by atoms with E-state index in [-0.39, 0.29) is 36.4 Å². The van der Waals surface area contributed by atoms with Gasteiger partial charge in [-0.25, -0.2) is 0 Å². The van der Waals surface area contributed by atoms with Crippen LogP contribution in [-0.2, 0) is 9.53 Å². The largest absolute Gasteiger partial charge is 0.463 e. The van der Waals surface area contributed by atoms with Crippen molar-refractivity contribution in [3.05, 3.63) is 35.4 Å². The standard InChI is InChI=1S/C26H41ClO5/c1-2-3-6-10-23(29)19-12-14-20(15-13-19)26-21(22(27)18-24(26)30)9-7-4-5-8-11-25(31)32-17-16-28/h12-15,21-24,26,28-30H,2-11,16-18H2,1H3/t21?,22-,23-,24-,26?/m1/s1. The number of unbranched alkanes of at least 4 members (excludes halogenated alkanes) is 5. The van der Waals surface area contributed by atoms with E-state index in [1.54, 1.807) is 0 Å². The third kappa shape index (κ3) is 8.66. The molecule has 5 atom stereocenters. The molecule has 0 aromatic heterocycles. The van der Waals surface area contributed by atoms with E-state index in [4.69, 9.17) is 21.4 Å². The second-order valence-electron chi connectivity index (χ2n) is 9.08. The molecule has 182 valence electrons. The first-order valence-corrected chi connectivity index (χ1v) is 12.8. The van der Waals surface area contributed by atoms with E-state index in [1.165, 1.54) is 0 Å². The van der Waals surface area contributed by atoms with Crippen LogP contribution in [0.2, 0.25) is 0 Å². The van der Waals surface area contributed by atoms with Gasteiger partial charge in [0.15, 0.2) is 0 Å². The van der Waals surface area contributed by atoms with Crippen LogP contribution in [0.25, 0.3) is 0 Å². The molecule has 0 aliphatic heterocycles. The van der Waals surface area contributed by atoms with Gasteiger partial charge in [0, 0.05) is 17.7 Å². The van der Waals surface area contributed by atoms with Crippen molar-refractivity contribution >= 4 is 17.6 Å². The number of halogens is 1. The lowest BCUT2D eigenvalue weighted by Gasteiger charge is -2.24. The van der Waals surface area contributed by atoms with Gasteiger partial charge in [-0.2, -0.15) is 0 Å². The van der Waals surface area contributed by atoms with Gasteiger partial charge in [0.1, 0.15) is 6.61 Å². The Morgan fingerprint density at radius 3 is 2.53 bits per heavy atom. The smallest absolute Gasteiger partial charge is 0.305 e. The van der Waals surface area contributed by atoms with E-state index in [0.29, 0.717) is 12.8 Å². The van der Waals surface area contributed by atoms with Gasteiger partial charge >= 0.3 is 5.97 Å². The average molecular weight is 469 g/mol. The molecule has 2 unspecified atom stereocenters. The van der Waals surface area contributed by atoms with Crippen molar-refractivity contribution in [1.29, 1.82) is 0 Å². The third-order valence-electron chi connectivity index (χ3n) is 6.62. The Balaban J connectivity index is 1.82. The SMILES string of the molecule is CCCCC[C@@H](O)c1ccc(C2C(CCCCCCC(=O)OCCO)[C@H](Cl)C[C@H]2O)cc1. The normalized spacial score (nSPS) is 23.9. The number of hydrogen-bond donors (Lipinski definition) is 3. The van der Waals surface area contributed by atoms with E-state index >= 15 is 0 Å². The quantitative estimate of drug-likeness (QED) is 0.186. The third-order valence-corrected chi connectivity index (χ3v) is 7.12. The number of hydrogen-bond acceptors (Lipinski definition) is 5. The Labute approximate surface area is 198 Å². The highest BCUT2D eigenvalue weighted by Gasteiger charge is 2.41. The first-order valence-electron chi connectivity index (χ1n) is 12.3. The highest BCUT2D eigenvalue weighted by atomic mass is 35.5. The number of alkyl halides is 1. The molecule has 0 amide bonds. The average Bonchev–Trinajstić information content (AvgIpc) is 3.07. The van der Waals surface area contributed by atoms with Crippen LogP contribution in [0.1, 0.15) is 101 Å². The minimum absolute atomic E-state index is 0.0252. The van der Waals surface area contributed by atoms with Crippen molar-refractivity contribution in [2.45, 2.75) is 101 Å². The van der Waals surface area contributed by atoms with Crippen molar-refractivity contribution in [2.75, 3.05) is 13.2 Å². The number of rotatable bonds is 15. The monoisotopic (exact) mass is 468 g/mol. The zero-order valence-corrected chi connectivity index (χ0v) is 20.2. The van der Waals surface area contributed by atoms with Gasteiger partial charge in [-0.3, -0.25) is 4.79 Å². The molecule has 1 saturated carbocycles. The lowest BCUT2D eigenvalue weighted by molar-refractivity contribution is -0.144. The maximum absolute atomic E-state index is 11.5. The molecule has 1 aromatic carbocycles. The zero-order chi connectivity index (χ0) is 23.3. The summed E-state index contributed by atoms with van der Waals surface area (Å²) < 4.78 is 4.87. The molecule has 1 fully saturated rings. The molecule has 2 rings (SSSR count). The summed E-state index contributed by atoms with van der Waals surface area (Å²) in [7, 11) is 0. The number of carbonyl (C=O) groups is 1. The number of aliphatic hydroxyl groups is 3. The van der Waals surface area contributed by atoms with Crippen LogP contribution in [0.3, 0.4) is 0 Å². The molecule has 0 radical (unpaired) electrons. The van der Waals surface area contributed by atoms with Gasteiger partial charge in [0.2, 0.25) is 0 Å². The van der Waals surface area contributed by atoms with Crippen LogP contribution in [0.5, 0.6) is 0 Å². The van der Waals surface area contributed by atoms with Crippen molar-refractivity contribution < 1.29 is 24.9 Å². The summed E-state index contributed by atoms with van der Waals surface area (Å²) in [5, 5.41) is 29.7. The Hall–Kier alpha value is -1.14. The van der Waals surface area contributed by atoms with E-state index in [1.807, 2.05) is 24.3 Å². The van der Waals surface area contributed by atoms with E-state index < -0.39 is 12.2 Å². The number of ether oxygens (including phenoxy) is 1. The van der Waals surface area contributed by atoms with Crippen LogP contribution in [0.4, 0.5) is 0 Å². The van der Waals surface area contributed by atoms with E-state index in [0.717, 1.165) is 68.9 Å². The summed E-state index contributed by atoms with van der Waals surface area (Å²) in [6.07, 6.45) is 8.92. The summed E-state index contributed by atoms with van der Waals surface area (Å²) in [6, 6.07) is 8.08. The van der Waals surface area contributed by atoms with Crippen molar-refractivity contribution in [1.82, 2.24) is 0 Å². The molecule has 1 aromatic rings. The highest BCUT2D eigenvalue weighted by molar-refractivity contribution is 6.21. The van der Waals surface area contributed by atoms with Gasteiger partial charge in [0.05, 0.1) is 18.8 Å². The van der Waals surface area contributed by atoms with Gasteiger partial charge in [0.25, 0.3) is 0 Å². The highest BCUT2D eigenvalue weighted by Crippen LogP contribution is 2.45. The van der Waals surface area contributed by atoms with Crippen LogP contribution in [0, 0.1) is 5.92 Å². The molecule has 0 heterocycles. The van der Waals surface area contributed by atoms with Gasteiger partial charge in [-0.1, -0.05) is 69.7 Å². The van der Waals surface area contributed by atoms with Crippen molar-refractivity contribution in [3.8, 4) is 0 Å². The fourth-order valence-electron chi connectivity index (χ4n) is 4.82. The topological polar surface area (TPSA) is 87.0 Å². The number of aliphatic hydroxyl groups excluding tert-OH is 3. The van der Waals surface area contributed by atoms with Gasteiger partial charge in [-0.15, -0.1) is 11.6 Å². The van der Waals surface area contributed by atoms with Gasteiger partial charge in [-0.05, 0) is 42.7 Å². The molecule has 0 spiro atoms. The molecule has 6 heteroatoms. The molecular formula is C26H41ClO5. The molecule has 32 heavy (non-hydrogen) atoms. The van der Waals surface area contributed by atoms with Gasteiger partial charge < -0.3 is 20.1 Å². The predicted molar refractivity (Wildman–Crippen MR) is 128 cm³/mol. The van der Waals surface area contributed by atoms with Crippen LogP contribution >= 0.6 is 11.6 Å². The molecule has 0 bridgehead atoms. The van der Waals surface area contributed by atoms with Crippen molar-refractivity contribution in [3.63, 3.8) is 0 Å². The van der Waals surface area contributed by atoms with E-state index in [9.17, 15) is 15.0 Å². The lowest BCUT2D eigenvalue weighted by Crippen LogP contribution is -2.19. The Kier molecular flexibility index (Phi) is 12.6. The minimum Gasteiger partial charge on any atom is -0.463 e. The summed E-state index contributed by atoms with van der Waals surface area (Å²) in [4.78, 5) is 11.5. The molecular weight excluding hydrogens is 428 g/mol. The van der Waals surface area contributed by atoms with Crippen LogP contribution < -0.4 is 0 Å². The second-order valence-corrected chi connectivity index (χ2v) is 9.64. The Bertz CT molecular complexity index is 650. The van der Waals surface area contributed by atoms with Crippen LogP contribution in [0.15, 0.2) is 24.3 Å². The first kappa shape index (κ1) is 27.1. The fraction of sp³-hybridized carbons (Fsp3) is 0.731. The molecule has 1 aliphatic rings. The predicted octanol–water partition coefficient (Wildman–Crippen LogP) is 5.25. The Morgan fingerprint density at radius 2 is 1.84 bits per heavy atom. The minimum atomic E-state index is -0.441. The molecule has 5 nitrogen and oxygen atoms in total. The maximum Gasteiger partial charge on any atom is 0.305 e.